The Morgan fingerprint density at radius 1 is 1.09 bits per heavy atom. The quantitative estimate of drug-likeness (QED) is 0.826. The fourth-order valence-electron chi connectivity index (χ4n) is 3.30. The van der Waals surface area contributed by atoms with Crippen LogP contribution in [0.5, 0.6) is 11.5 Å². The lowest BCUT2D eigenvalue weighted by Gasteiger charge is -2.25. The lowest BCUT2D eigenvalue weighted by atomic mass is 10.0. The van der Waals surface area contributed by atoms with Gasteiger partial charge < -0.3 is 9.47 Å². The number of benzene rings is 2. The second-order valence-electron chi connectivity index (χ2n) is 5.90. The molecule has 0 bridgehead atoms. The van der Waals surface area contributed by atoms with E-state index in [4.69, 9.17) is 9.47 Å². The van der Waals surface area contributed by atoms with Crippen molar-refractivity contribution in [3.8, 4) is 11.5 Å². The van der Waals surface area contributed by atoms with Crippen LogP contribution in [0.15, 0.2) is 42.5 Å². The predicted octanol–water partition coefficient (Wildman–Crippen LogP) is 4.18. The summed E-state index contributed by atoms with van der Waals surface area (Å²) >= 11 is 0. The van der Waals surface area contributed by atoms with Gasteiger partial charge in [0.05, 0.1) is 14.2 Å². The van der Waals surface area contributed by atoms with E-state index in [1.54, 1.807) is 26.4 Å². The molecule has 0 aliphatic carbocycles. The molecule has 1 saturated heterocycles. The van der Waals surface area contributed by atoms with E-state index in [0.717, 1.165) is 48.6 Å². The summed E-state index contributed by atoms with van der Waals surface area (Å²) in [6.07, 6.45) is 2.19. The third-order valence-electron chi connectivity index (χ3n) is 4.39. The van der Waals surface area contributed by atoms with Gasteiger partial charge in [-0.25, -0.2) is 4.39 Å². The highest BCUT2D eigenvalue weighted by molar-refractivity contribution is 5.38. The van der Waals surface area contributed by atoms with Gasteiger partial charge in [-0.05, 0) is 54.8 Å². The fraction of sp³-hybridized carbons (Fsp3) is 0.368. The topological polar surface area (TPSA) is 21.7 Å². The van der Waals surface area contributed by atoms with E-state index in [-0.39, 0.29) is 11.9 Å². The Hall–Kier alpha value is -2.07. The Labute approximate surface area is 136 Å². The first-order valence-electron chi connectivity index (χ1n) is 7.91. The molecule has 1 aliphatic heterocycles. The largest absolute Gasteiger partial charge is 0.497 e. The van der Waals surface area contributed by atoms with Crippen LogP contribution in [0.1, 0.15) is 30.0 Å². The Kier molecular flexibility index (Phi) is 4.82. The Morgan fingerprint density at radius 3 is 2.48 bits per heavy atom. The summed E-state index contributed by atoms with van der Waals surface area (Å²) in [5.74, 6) is 1.42. The highest BCUT2D eigenvalue weighted by Crippen LogP contribution is 2.34. The maximum absolute atomic E-state index is 13.5. The monoisotopic (exact) mass is 315 g/mol. The molecule has 1 atom stereocenters. The van der Waals surface area contributed by atoms with Crippen molar-refractivity contribution >= 4 is 0 Å². The molecule has 2 aromatic carbocycles. The molecule has 1 heterocycles. The van der Waals surface area contributed by atoms with E-state index in [1.807, 2.05) is 24.3 Å². The molecule has 0 unspecified atom stereocenters. The first kappa shape index (κ1) is 15.8. The van der Waals surface area contributed by atoms with Gasteiger partial charge in [0.1, 0.15) is 17.3 Å². The van der Waals surface area contributed by atoms with Crippen molar-refractivity contribution in [3.63, 3.8) is 0 Å². The molecule has 3 nitrogen and oxygen atoms in total. The molecule has 0 aromatic heterocycles. The van der Waals surface area contributed by atoms with E-state index < -0.39 is 0 Å². The van der Waals surface area contributed by atoms with Crippen molar-refractivity contribution in [1.29, 1.82) is 0 Å². The molecule has 0 spiro atoms. The number of nitrogens with zero attached hydrogens (tertiary/aromatic N) is 1. The van der Waals surface area contributed by atoms with Gasteiger partial charge in [-0.3, -0.25) is 4.90 Å². The molecule has 3 rings (SSSR count). The van der Waals surface area contributed by atoms with Crippen molar-refractivity contribution in [2.24, 2.45) is 0 Å². The molecular formula is C19H22FNO2. The van der Waals surface area contributed by atoms with Crippen LogP contribution in [0.4, 0.5) is 4.39 Å². The average Bonchev–Trinajstić information content (AvgIpc) is 3.02. The zero-order valence-electron chi connectivity index (χ0n) is 13.6. The normalized spacial score (nSPS) is 18.1. The van der Waals surface area contributed by atoms with Crippen LogP contribution in [0.25, 0.3) is 0 Å². The minimum atomic E-state index is -0.169. The van der Waals surface area contributed by atoms with E-state index in [0.29, 0.717) is 0 Å². The van der Waals surface area contributed by atoms with Crippen LogP contribution in [0, 0.1) is 5.82 Å². The zero-order chi connectivity index (χ0) is 16.2. The molecule has 2 aromatic rings. The zero-order valence-corrected chi connectivity index (χ0v) is 13.6. The van der Waals surface area contributed by atoms with Crippen LogP contribution in [-0.4, -0.2) is 25.7 Å². The first-order valence-corrected chi connectivity index (χ1v) is 7.91. The highest BCUT2D eigenvalue weighted by Gasteiger charge is 2.26. The molecule has 0 N–H and O–H groups in total. The smallest absolute Gasteiger partial charge is 0.123 e. The number of hydrogen-bond acceptors (Lipinski definition) is 3. The predicted molar refractivity (Wildman–Crippen MR) is 88.3 cm³/mol. The number of ether oxygens (including phenoxy) is 2. The van der Waals surface area contributed by atoms with Crippen LogP contribution < -0.4 is 9.47 Å². The van der Waals surface area contributed by atoms with Crippen molar-refractivity contribution in [3.05, 3.63) is 59.4 Å². The summed E-state index contributed by atoms with van der Waals surface area (Å²) in [4.78, 5) is 2.39. The molecule has 0 radical (unpaired) electrons. The number of rotatable bonds is 5. The molecule has 122 valence electrons. The SMILES string of the molecule is COc1cc(CN2CCC[C@H]2c2cccc(F)c2)cc(OC)c1. The van der Waals surface area contributed by atoms with Gasteiger partial charge >= 0.3 is 0 Å². The fourth-order valence-corrected chi connectivity index (χ4v) is 3.30. The van der Waals surface area contributed by atoms with Gasteiger partial charge in [0.25, 0.3) is 0 Å². The lowest BCUT2D eigenvalue weighted by Crippen LogP contribution is -2.22. The maximum atomic E-state index is 13.5. The van der Waals surface area contributed by atoms with Gasteiger partial charge in [0.2, 0.25) is 0 Å². The number of hydrogen-bond donors (Lipinski definition) is 0. The second kappa shape index (κ2) is 7.01. The van der Waals surface area contributed by atoms with E-state index in [2.05, 4.69) is 4.90 Å². The molecule has 23 heavy (non-hydrogen) atoms. The van der Waals surface area contributed by atoms with E-state index in [9.17, 15) is 4.39 Å². The van der Waals surface area contributed by atoms with Gasteiger partial charge in [-0.1, -0.05) is 12.1 Å². The third-order valence-corrected chi connectivity index (χ3v) is 4.39. The first-order chi connectivity index (χ1) is 11.2. The van der Waals surface area contributed by atoms with Crippen LogP contribution in [0.2, 0.25) is 0 Å². The number of likely N-dealkylation sites (tertiary alicyclic amines) is 1. The molecule has 1 fully saturated rings. The lowest BCUT2D eigenvalue weighted by molar-refractivity contribution is 0.247. The molecule has 0 saturated carbocycles. The number of methoxy groups -OCH3 is 2. The molecule has 0 amide bonds. The maximum Gasteiger partial charge on any atom is 0.123 e. The van der Waals surface area contributed by atoms with Crippen LogP contribution in [-0.2, 0) is 6.54 Å². The molecular weight excluding hydrogens is 293 g/mol. The average molecular weight is 315 g/mol. The van der Waals surface area contributed by atoms with Gasteiger partial charge in [-0.2, -0.15) is 0 Å². The third kappa shape index (κ3) is 3.64. The second-order valence-corrected chi connectivity index (χ2v) is 5.90. The van der Waals surface area contributed by atoms with E-state index in [1.165, 1.54) is 6.07 Å². The van der Waals surface area contributed by atoms with E-state index >= 15 is 0 Å². The number of halogens is 1. The Bertz CT molecular complexity index is 652. The van der Waals surface area contributed by atoms with Crippen molar-refractivity contribution in [2.45, 2.75) is 25.4 Å². The minimum absolute atomic E-state index is 0.169. The molecule has 1 aliphatic rings. The minimum Gasteiger partial charge on any atom is -0.497 e. The van der Waals surface area contributed by atoms with Gasteiger partial charge in [-0.15, -0.1) is 0 Å². The Morgan fingerprint density at radius 2 is 1.83 bits per heavy atom. The standard InChI is InChI=1S/C19H22FNO2/c1-22-17-9-14(10-18(12-17)23-2)13-21-8-4-7-19(21)15-5-3-6-16(20)11-15/h3,5-6,9-12,19H,4,7-8,13H2,1-2H3/t19-/m0/s1. The van der Waals surface area contributed by atoms with Gasteiger partial charge in [0, 0.05) is 18.7 Å². The van der Waals surface area contributed by atoms with Crippen molar-refractivity contribution < 1.29 is 13.9 Å². The van der Waals surface area contributed by atoms with Crippen LogP contribution >= 0.6 is 0 Å². The van der Waals surface area contributed by atoms with Crippen molar-refractivity contribution in [2.75, 3.05) is 20.8 Å². The summed E-state index contributed by atoms with van der Waals surface area (Å²) in [5, 5.41) is 0. The summed E-state index contributed by atoms with van der Waals surface area (Å²) < 4.78 is 24.2. The summed E-state index contributed by atoms with van der Waals surface area (Å²) in [6, 6.07) is 13.1. The van der Waals surface area contributed by atoms with Gasteiger partial charge in [0.15, 0.2) is 0 Å². The Balaban J connectivity index is 1.81. The summed E-state index contributed by atoms with van der Waals surface area (Å²) in [7, 11) is 3.31. The summed E-state index contributed by atoms with van der Waals surface area (Å²) in [6.45, 7) is 1.81. The van der Waals surface area contributed by atoms with Crippen LogP contribution in [0.3, 0.4) is 0 Å². The van der Waals surface area contributed by atoms with Crippen molar-refractivity contribution in [1.82, 2.24) is 4.90 Å². The highest BCUT2D eigenvalue weighted by atomic mass is 19.1. The summed E-state index contributed by atoms with van der Waals surface area (Å²) in [5.41, 5.74) is 2.20. The molecule has 4 heteroatoms.